The number of aromatic nitrogens is 2. The molecule has 33 heavy (non-hydrogen) atoms. The summed E-state index contributed by atoms with van der Waals surface area (Å²) in [6.07, 6.45) is 1.89. The van der Waals surface area contributed by atoms with Crippen LogP contribution < -0.4 is 16.6 Å². The van der Waals surface area contributed by atoms with E-state index in [0.29, 0.717) is 23.0 Å². The van der Waals surface area contributed by atoms with E-state index in [1.807, 2.05) is 30.3 Å². The van der Waals surface area contributed by atoms with Crippen LogP contribution in [0, 0.1) is 0 Å². The number of carbonyl (C=O) groups is 1. The highest BCUT2D eigenvalue weighted by Gasteiger charge is 2.14. The Kier molecular flexibility index (Phi) is 7.36. The summed E-state index contributed by atoms with van der Waals surface area (Å²) in [5.41, 5.74) is 1.02. The molecule has 0 atom stereocenters. The lowest BCUT2D eigenvalue weighted by molar-refractivity contribution is 0.0372. The second-order valence-electron chi connectivity index (χ2n) is 8.37. The number of aryl methyl sites for hydroxylation is 1. The number of amides is 1. The number of hydrogen-bond donors (Lipinski definition) is 1. The van der Waals surface area contributed by atoms with Crippen molar-refractivity contribution in [2.75, 3.05) is 39.4 Å². The summed E-state index contributed by atoms with van der Waals surface area (Å²) in [6, 6.07) is 14.3. The molecule has 0 unspecified atom stereocenters. The lowest BCUT2D eigenvalue weighted by Gasteiger charge is -2.26. The minimum atomic E-state index is -0.392. The van der Waals surface area contributed by atoms with Crippen LogP contribution in [-0.2, 0) is 18.3 Å². The molecule has 0 saturated carbocycles. The van der Waals surface area contributed by atoms with Crippen LogP contribution in [0.4, 0.5) is 0 Å². The molecule has 8 nitrogen and oxygen atoms in total. The second kappa shape index (κ2) is 10.6. The Morgan fingerprint density at radius 1 is 1.03 bits per heavy atom. The van der Waals surface area contributed by atoms with E-state index >= 15 is 0 Å². The molecule has 0 bridgehead atoms. The molecule has 174 valence electrons. The van der Waals surface area contributed by atoms with Gasteiger partial charge in [-0.25, -0.2) is 4.79 Å². The van der Waals surface area contributed by atoms with Crippen LogP contribution in [0.3, 0.4) is 0 Å². The van der Waals surface area contributed by atoms with E-state index in [1.54, 1.807) is 25.2 Å². The minimum Gasteiger partial charge on any atom is -0.379 e. The van der Waals surface area contributed by atoms with Crippen molar-refractivity contribution in [1.29, 1.82) is 0 Å². The number of rotatable bonds is 8. The van der Waals surface area contributed by atoms with Crippen molar-refractivity contribution < 1.29 is 9.53 Å². The minimum absolute atomic E-state index is 0.182. The van der Waals surface area contributed by atoms with Crippen molar-refractivity contribution in [1.82, 2.24) is 19.4 Å². The average Bonchev–Trinajstić information content (AvgIpc) is 2.86. The number of hydrogen-bond acceptors (Lipinski definition) is 5. The van der Waals surface area contributed by atoms with Crippen molar-refractivity contribution in [2.45, 2.75) is 19.4 Å². The number of morpholine rings is 1. The molecule has 2 aromatic carbocycles. The summed E-state index contributed by atoms with van der Waals surface area (Å²) in [6.45, 7) is 5.27. The standard InChI is InChI=1S/C25H30N4O4/c1-27-22-10-9-20(23(30)26-11-5-6-12-28-13-15-33-16-14-28)17-21(22)24(31)29(25(27)32)18-19-7-3-2-4-8-19/h2-4,7-10,17H,5-6,11-16,18H2,1H3,(H,26,30). The molecule has 1 aromatic heterocycles. The summed E-state index contributed by atoms with van der Waals surface area (Å²) in [5.74, 6) is -0.217. The zero-order valence-electron chi connectivity index (χ0n) is 19.0. The molecule has 1 saturated heterocycles. The molecule has 1 amide bonds. The molecule has 1 N–H and O–H groups in total. The zero-order chi connectivity index (χ0) is 23.2. The topological polar surface area (TPSA) is 85.6 Å². The lowest BCUT2D eigenvalue weighted by Crippen LogP contribution is -2.39. The number of unbranched alkanes of at least 4 members (excludes halogenated alkanes) is 1. The molecule has 0 aliphatic carbocycles. The van der Waals surface area contributed by atoms with E-state index in [1.165, 1.54) is 9.13 Å². The first kappa shape index (κ1) is 22.9. The normalized spacial score (nSPS) is 14.5. The molecule has 1 aliphatic rings. The molecule has 2 heterocycles. The van der Waals surface area contributed by atoms with Gasteiger partial charge in [-0.2, -0.15) is 0 Å². The van der Waals surface area contributed by atoms with Gasteiger partial charge in [0.1, 0.15) is 0 Å². The highest BCUT2D eigenvalue weighted by atomic mass is 16.5. The second-order valence-corrected chi connectivity index (χ2v) is 8.37. The fraction of sp³-hybridized carbons (Fsp3) is 0.400. The molecule has 4 rings (SSSR count). The third kappa shape index (κ3) is 5.40. The van der Waals surface area contributed by atoms with Crippen LogP contribution in [0.2, 0.25) is 0 Å². The third-order valence-corrected chi connectivity index (χ3v) is 6.09. The van der Waals surface area contributed by atoms with E-state index in [2.05, 4.69) is 10.2 Å². The van der Waals surface area contributed by atoms with Gasteiger partial charge in [-0.1, -0.05) is 30.3 Å². The first-order valence-electron chi connectivity index (χ1n) is 11.4. The zero-order valence-corrected chi connectivity index (χ0v) is 19.0. The van der Waals surface area contributed by atoms with Crippen molar-refractivity contribution in [3.8, 4) is 0 Å². The van der Waals surface area contributed by atoms with Crippen LogP contribution >= 0.6 is 0 Å². The van der Waals surface area contributed by atoms with Gasteiger partial charge in [0.2, 0.25) is 0 Å². The van der Waals surface area contributed by atoms with Gasteiger partial charge in [0.25, 0.3) is 11.5 Å². The first-order chi connectivity index (χ1) is 16.0. The summed E-state index contributed by atoms with van der Waals surface area (Å²) in [5, 5.41) is 3.30. The molecular formula is C25H30N4O4. The van der Waals surface area contributed by atoms with E-state index in [-0.39, 0.29) is 18.1 Å². The van der Waals surface area contributed by atoms with E-state index in [0.717, 1.165) is 51.3 Å². The monoisotopic (exact) mass is 450 g/mol. The number of fused-ring (bicyclic) bond motifs is 1. The average molecular weight is 451 g/mol. The van der Waals surface area contributed by atoms with E-state index < -0.39 is 5.56 Å². The highest BCUT2D eigenvalue weighted by Crippen LogP contribution is 2.12. The number of nitrogens with one attached hydrogen (secondary N) is 1. The largest absolute Gasteiger partial charge is 0.379 e. The number of benzene rings is 2. The van der Waals surface area contributed by atoms with Gasteiger partial charge >= 0.3 is 5.69 Å². The Morgan fingerprint density at radius 2 is 1.79 bits per heavy atom. The van der Waals surface area contributed by atoms with Crippen LogP contribution in [0.15, 0.2) is 58.1 Å². The van der Waals surface area contributed by atoms with Crippen LogP contribution in [0.5, 0.6) is 0 Å². The van der Waals surface area contributed by atoms with Crippen LogP contribution in [-0.4, -0.2) is 59.3 Å². The Labute approximate surface area is 192 Å². The fourth-order valence-corrected chi connectivity index (χ4v) is 4.15. The number of nitrogens with zero attached hydrogens (tertiary/aromatic N) is 3. The predicted octanol–water partition coefficient (Wildman–Crippen LogP) is 1.59. The first-order valence-corrected chi connectivity index (χ1v) is 11.4. The number of carbonyl (C=O) groups excluding carboxylic acids is 1. The maximum atomic E-state index is 13.1. The molecule has 1 fully saturated rings. The molecule has 8 heteroatoms. The van der Waals surface area contributed by atoms with Crippen molar-refractivity contribution >= 4 is 16.8 Å². The Hall–Kier alpha value is -3.23. The Balaban J connectivity index is 1.45. The maximum absolute atomic E-state index is 13.1. The quantitative estimate of drug-likeness (QED) is 0.527. The summed E-state index contributed by atoms with van der Waals surface area (Å²) in [4.78, 5) is 41.0. The number of ether oxygens (including phenoxy) is 1. The van der Waals surface area contributed by atoms with Gasteiger partial charge in [-0.3, -0.25) is 23.6 Å². The van der Waals surface area contributed by atoms with Gasteiger partial charge in [0.05, 0.1) is 30.7 Å². The third-order valence-electron chi connectivity index (χ3n) is 6.09. The smallest absolute Gasteiger partial charge is 0.331 e. The highest BCUT2D eigenvalue weighted by molar-refractivity contribution is 5.97. The molecule has 0 spiro atoms. The summed E-state index contributed by atoms with van der Waals surface area (Å²) in [7, 11) is 1.64. The van der Waals surface area contributed by atoms with Gasteiger partial charge in [-0.15, -0.1) is 0 Å². The Bertz CT molecular complexity index is 1230. The van der Waals surface area contributed by atoms with Crippen LogP contribution in [0.25, 0.3) is 10.9 Å². The molecule has 3 aromatic rings. The van der Waals surface area contributed by atoms with Crippen molar-refractivity contribution in [2.24, 2.45) is 7.05 Å². The predicted molar refractivity (Wildman–Crippen MR) is 128 cm³/mol. The van der Waals surface area contributed by atoms with E-state index in [9.17, 15) is 14.4 Å². The fourth-order valence-electron chi connectivity index (χ4n) is 4.15. The van der Waals surface area contributed by atoms with Crippen LogP contribution in [0.1, 0.15) is 28.8 Å². The lowest BCUT2D eigenvalue weighted by atomic mass is 10.1. The van der Waals surface area contributed by atoms with Gasteiger partial charge < -0.3 is 10.1 Å². The van der Waals surface area contributed by atoms with Gasteiger partial charge in [-0.05, 0) is 43.1 Å². The van der Waals surface area contributed by atoms with Crippen molar-refractivity contribution in [3.05, 3.63) is 80.5 Å². The Morgan fingerprint density at radius 3 is 2.55 bits per heavy atom. The SMILES string of the molecule is Cn1c(=O)n(Cc2ccccc2)c(=O)c2cc(C(=O)NCCCCN3CCOCC3)ccc21. The summed E-state index contributed by atoms with van der Waals surface area (Å²) >= 11 is 0. The summed E-state index contributed by atoms with van der Waals surface area (Å²) < 4.78 is 8.02. The van der Waals surface area contributed by atoms with E-state index in [4.69, 9.17) is 4.74 Å². The van der Waals surface area contributed by atoms with Gasteiger partial charge in [0.15, 0.2) is 0 Å². The van der Waals surface area contributed by atoms with Crippen molar-refractivity contribution in [3.63, 3.8) is 0 Å². The molecule has 1 aliphatic heterocycles. The molecule has 0 radical (unpaired) electrons. The molecular weight excluding hydrogens is 420 g/mol. The van der Waals surface area contributed by atoms with Gasteiger partial charge in [0, 0.05) is 32.2 Å². The maximum Gasteiger partial charge on any atom is 0.331 e.